The molecule has 138 valence electrons. The third-order valence-corrected chi connectivity index (χ3v) is 4.13. The van der Waals surface area contributed by atoms with Crippen LogP contribution in [0.25, 0.3) is 11.1 Å². The smallest absolute Gasteiger partial charge is 0.243 e. The van der Waals surface area contributed by atoms with Gasteiger partial charge in [0.05, 0.1) is 26.5 Å². The van der Waals surface area contributed by atoms with Gasteiger partial charge in [-0.1, -0.05) is 42.5 Å². The lowest BCUT2D eigenvalue weighted by Crippen LogP contribution is -2.22. The lowest BCUT2D eigenvalue weighted by molar-refractivity contribution is -0.114. The van der Waals surface area contributed by atoms with E-state index in [1.54, 1.807) is 32.4 Å². The molecule has 0 aliphatic heterocycles. The maximum absolute atomic E-state index is 12.2. The summed E-state index contributed by atoms with van der Waals surface area (Å²) < 4.78 is 10.5. The summed E-state index contributed by atoms with van der Waals surface area (Å²) >= 11 is 0. The zero-order valence-electron chi connectivity index (χ0n) is 15.4. The summed E-state index contributed by atoms with van der Waals surface area (Å²) in [7, 11) is 3.14. The number of carbonyl (C=O) groups is 1. The van der Waals surface area contributed by atoms with Gasteiger partial charge in [-0.25, -0.2) is 0 Å². The number of hydrogen-bond acceptors (Lipinski definition) is 4. The van der Waals surface area contributed by atoms with Gasteiger partial charge in [-0.15, -0.1) is 0 Å². The average Bonchev–Trinajstić information content (AvgIpc) is 2.73. The molecular weight excluding hydrogens is 340 g/mol. The molecule has 3 rings (SSSR count). The van der Waals surface area contributed by atoms with Crippen molar-refractivity contribution < 1.29 is 14.3 Å². The van der Waals surface area contributed by atoms with Crippen LogP contribution in [0.3, 0.4) is 0 Å². The number of methoxy groups -OCH3 is 2. The number of carbonyl (C=O) groups excluding carboxylic acids is 1. The highest BCUT2D eigenvalue weighted by Gasteiger charge is 2.09. The van der Waals surface area contributed by atoms with E-state index in [9.17, 15) is 4.79 Å². The summed E-state index contributed by atoms with van der Waals surface area (Å²) in [5.74, 6) is 1.06. The van der Waals surface area contributed by atoms with Crippen LogP contribution in [0.1, 0.15) is 0 Å². The minimum Gasteiger partial charge on any atom is -0.497 e. The summed E-state index contributed by atoms with van der Waals surface area (Å²) in [5.41, 5.74) is 3.78. The number of nitrogens with one attached hydrogen (secondary N) is 2. The predicted molar refractivity (Wildman–Crippen MR) is 109 cm³/mol. The van der Waals surface area contributed by atoms with E-state index in [2.05, 4.69) is 22.8 Å². The highest BCUT2D eigenvalue weighted by Crippen LogP contribution is 2.29. The SMILES string of the molecule is COc1ccc(NC(=O)CNc2ccc(-c3ccccc3)cc2)c(OC)c1. The van der Waals surface area contributed by atoms with Gasteiger partial charge in [0.25, 0.3) is 0 Å². The van der Waals surface area contributed by atoms with Gasteiger partial charge >= 0.3 is 0 Å². The highest BCUT2D eigenvalue weighted by atomic mass is 16.5. The van der Waals surface area contributed by atoms with Crippen molar-refractivity contribution in [3.05, 3.63) is 72.8 Å². The molecule has 0 saturated heterocycles. The van der Waals surface area contributed by atoms with E-state index >= 15 is 0 Å². The van der Waals surface area contributed by atoms with Crippen LogP contribution in [0.5, 0.6) is 11.5 Å². The van der Waals surface area contributed by atoms with E-state index in [1.165, 1.54) is 0 Å². The molecule has 0 spiro atoms. The van der Waals surface area contributed by atoms with Crippen LogP contribution in [0.15, 0.2) is 72.8 Å². The predicted octanol–water partition coefficient (Wildman–Crippen LogP) is 4.42. The minimum atomic E-state index is -0.161. The normalized spacial score (nSPS) is 10.1. The maximum Gasteiger partial charge on any atom is 0.243 e. The molecule has 0 radical (unpaired) electrons. The van der Waals surface area contributed by atoms with Crippen LogP contribution in [-0.4, -0.2) is 26.7 Å². The van der Waals surface area contributed by atoms with Gasteiger partial charge in [-0.2, -0.15) is 0 Å². The molecule has 0 bridgehead atoms. The molecule has 1 amide bonds. The molecule has 0 saturated carbocycles. The first kappa shape index (κ1) is 18.3. The van der Waals surface area contributed by atoms with Crippen molar-refractivity contribution in [3.63, 3.8) is 0 Å². The quantitative estimate of drug-likeness (QED) is 0.653. The van der Waals surface area contributed by atoms with Crippen LogP contribution in [0.4, 0.5) is 11.4 Å². The molecule has 27 heavy (non-hydrogen) atoms. The third kappa shape index (κ3) is 4.79. The van der Waals surface area contributed by atoms with E-state index in [1.807, 2.05) is 42.5 Å². The molecule has 0 aromatic heterocycles. The highest BCUT2D eigenvalue weighted by molar-refractivity contribution is 5.95. The molecule has 0 unspecified atom stereocenters. The minimum absolute atomic E-state index is 0.153. The van der Waals surface area contributed by atoms with Gasteiger partial charge in [0.2, 0.25) is 5.91 Å². The topological polar surface area (TPSA) is 59.6 Å². The zero-order valence-corrected chi connectivity index (χ0v) is 15.4. The summed E-state index contributed by atoms with van der Waals surface area (Å²) in [4.78, 5) is 12.2. The Balaban J connectivity index is 1.58. The van der Waals surface area contributed by atoms with Crippen molar-refractivity contribution >= 4 is 17.3 Å². The fourth-order valence-corrected chi connectivity index (χ4v) is 2.69. The Labute approximate surface area is 158 Å². The molecule has 5 heteroatoms. The van der Waals surface area contributed by atoms with E-state index in [0.29, 0.717) is 17.2 Å². The summed E-state index contributed by atoms with van der Waals surface area (Å²) in [5, 5.41) is 5.96. The van der Waals surface area contributed by atoms with Crippen LogP contribution in [0.2, 0.25) is 0 Å². The largest absolute Gasteiger partial charge is 0.497 e. The van der Waals surface area contributed by atoms with E-state index < -0.39 is 0 Å². The molecule has 3 aromatic rings. The Morgan fingerprint density at radius 1 is 0.852 bits per heavy atom. The van der Waals surface area contributed by atoms with Gasteiger partial charge < -0.3 is 20.1 Å². The first-order valence-electron chi connectivity index (χ1n) is 8.61. The monoisotopic (exact) mass is 362 g/mol. The molecule has 0 aliphatic rings. The van der Waals surface area contributed by atoms with E-state index in [4.69, 9.17) is 9.47 Å². The average molecular weight is 362 g/mol. The van der Waals surface area contributed by atoms with Crippen molar-refractivity contribution in [3.8, 4) is 22.6 Å². The Hall–Kier alpha value is -3.47. The van der Waals surface area contributed by atoms with Crippen molar-refractivity contribution in [2.75, 3.05) is 31.4 Å². The van der Waals surface area contributed by atoms with E-state index in [-0.39, 0.29) is 12.5 Å². The molecule has 2 N–H and O–H groups in total. The molecule has 0 aliphatic carbocycles. The van der Waals surface area contributed by atoms with E-state index in [0.717, 1.165) is 16.8 Å². The Morgan fingerprint density at radius 3 is 2.22 bits per heavy atom. The van der Waals surface area contributed by atoms with Crippen LogP contribution >= 0.6 is 0 Å². The lowest BCUT2D eigenvalue weighted by atomic mass is 10.1. The molecule has 0 fully saturated rings. The summed E-state index contributed by atoms with van der Waals surface area (Å²) in [6, 6.07) is 23.4. The molecule has 5 nitrogen and oxygen atoms in total. The van der Waals surface area contributed by atoms with Gasteiger partial charge in [0.1, 0.15) is 11.5 Å². The first-order valence-corrected chi connectivity index (χ1v) is 8.61. The number of anilines is 2. The molecule has 0 heterocycles. The zero-order chi connectivity index (χ0) is 19.1. The van der Waals surface area contributed by atoms with Gasteiger partial charge in [0.15, 0.2) is 0 Å². The standard InChI is InChI=1S/C22H22N2O3/c1-26-19-12-13-20(21(14-19)27-2)24-22(25)15-23-18-10-8-17(9-11-18)16-6-4-3-5-7-16/h3-14,23H,15H2,1-2H3,(H,24,25). The third-order valence-electron chi connectivity index (χ3n) is 4.13. The second-order valence-corrected chi connectivity index (χ2v) is 5.91. The second-order valence-electron chi connectivity index (χ2n) is 5.91. The summed E-state index contributed by atoms with van der Waals surface area (Å²) in [6.07, 6.45) is 0. The Morgan fingerprint density at radius 2 is 1.56 bits per heavy atom. The lowest BCUT2D eigenvalue weighted by Gasteiger charge is -2.12. The van der Waals surface area contributed by atoms with Crippen molar-refractivity contribution in [1.82, 2.24) is 0 Å². The second kappa shape index (κ2) is 8.76. The van der Waals surface area contributed by atoms with Crippen molar-refractivity contribution in [2.45, 2.75) is 0 Å². The van der Waals surface area contributed by atoms with Gasteiger partial charge in [-0.3, -0.25) is 4.79 Å². The van der Waals surface area contributed by atoms with Crippen molar-refractivity contribution in [2.24, 2.45) is 0 Å². The van der Waals surface area contributed by atoms with Gasteiger partial charge in [0, 0.05) is 11.8 Å². The maximum atomic E-state index is 12.2. The first-order chi connectivity index (χ1) is 13.2. The molecule has 3 aromatic carbocycles. The fourth-order valence-electron chi connectivity index (χ4n) is 2.69. The number of benzene rings is 3. The van der Waals surface area contributed by atoms with Crippen molar-refractivity contribution in [1.29, 1.82) is 0 Å². The fraction of sp³-hybridized carbons (Fsp3) is 0.136. The number of amides is 1. The number of hydrogen-bond donors (Lipinski definition) is 2. The van der Waals surface area contributed by atoms with Crippen LogP contribution < -0.4 is 20.1 Å². The Kier molecular flexibility index (Phi) is 5.94. The summed E-state index contributed by atoms with van der Waals surface area (Å²) in [6.45, 7) is 0.153. The number of ether oxygens (including phenoxy) is 2. The number of rotatable bonds is 7. The van der Waals surface area contributed by atoms with Crippen LogP contribution in [-0.2, 0) is 4.79 Å². The molecule has 0 atom stereocenters. The Bertz CT molecular complexity index is 893. The van der Waals surface area contributed by atoms with Crippen LogP contribution in [0, 0.1) is 0 Å². The molecular formula is C22H22N2O3. The van der Waals surface area contributed by atoms with Gasteiger partial charge in [-0.05, 0) is 35.4 Å².